The van der Waals surface area contributed by atoms with Crippen LogP contribution in [0, 0.1) is 5.82 Å². The van der Waals surface area contributed by atoms with Crippen LogP contribution < -0.4 is 0 Å². The molecule has 0 saturated carbocycles. The lowest BCUT2D eigenvalue weighted by atomic mass is 10.2. The van der Waals surface area contributed by atoms with Gasteiger partial charge in [0, 0.05) is 42.4 Å². The molecule has 0 unspecified atom stereocenters. The van der Waals surface area contributed by atoms with Crippen molar-refractivity contribution in [1.29, 1.82) is 0 Å². The lowest BCUT2D eigenvalue weighted by Crippen LogP contribution is -2.50. The van der Waals surface area contributed by atoms with E-state index < -0.39 is 15.8 Å². The minimum absolute atomic E-state index is 0.0945. The summed E-state index contributed by atoms with van der Waals surface area (Å²) < 4.78 is 46.2. The molecule has 1 aliphatic rings. The molecule has 1 saturated heterocycles. The zero-order valence-corrected chi connectivity index (χ0v) is 18.2. The van der Waals surface area contributed by atoms with Crippen molar-refractivity contribution in [2.24, 2.45) is 0 Å². The van der Waals surface area contributed by atoms with Crippen LogP contribution in [0.4, 0.5) is 4.39 Å². The van der Waals surface area contributed by atoms with Gasteiger partial charge >= 0.3 is 0 Å². The number of thioether (sulfide) groups is 1. The van der Waals surface area contributed by atoms with E-state index in [2.05, 4.69) is 0 Å². The standard InChI is InChI=1S/C22H21FN2O4S2/c23-19-8-4-5-9-20(19)31(27,28)25-13-11-24(12-14-25)22(26)21-17(10-15-29-21)16-30-18-6-2-1-3-7-18/h1-10,15H,11-14,16H2. The second-order valence-electron chi connectivity index (χ2n) is 7.00. The summed E-state index contributed by atoms with van der Waals surface area (Å²) >= 11 is 1.61. The van der Waals surface area contributed by atoms with Gasteiger partial charge in [-0.15, -0.1) is 11.8 Å². The molecule has 3 aromatic rings. The number of carbonyl (C=O) groups excluding carboxylic acids is 1. The van der Waals surface area contributed by atoms with Gasteiger partial charge in [0.1, 0.15) is 10.7 Å². The molecule has 0 N–H and O–H groups in total. The summed E-state index contributed by atoms with van der Waals surface area (Å²) in [6, 6.07) is 17.0. The first kappa shape index (κ1) is 21.6. The molecule has 6 nitrogen and oxygen atoms in total. The van der Waals surface area contributed by atoms with Gasteiger partial charge in [0.15, 0.2) is 5.76 Å². The largest absolute Gasteiger partial charge is 0.459 e. The highest BCUT2D eigenvalue weighted by molar-refractivity contribution is 7.98. The Morgan fingerprint density at radius 2 is 1.65 bits per heavy atom. The summed E-state index contributed by atoms with van der Waals surface area (Å²) in [5, 5.41) is 0. The number of benzene rings is 2. The van der Waals surface area contributed by atoms with E-state index in [-0.39, 0.29) is 42.7 Å². The summed E-state index contributed by atoms with van der Waals surface area (Å²) in [5.41, 5.74) is 0.792. The van der Waals surface area contributed by atoms with Gasteiger partial charge in [-0.2, -0.15) is 4.31 Å². The van der Waals surface area contributed by atoms with Crippen LogP contribution in [0.5, 0.6) is 0 Å². The second kappa shape index (κ2) is 9.25. The fourth-order valence-corrected chi connectivity index (χ4v) is 5.77. The molecule has 9 heteroatoms. The van der Waals surface area contributed by atoms with E-state index in [1.807, 2.05) is 30.3 Å². The Labute approximate surface area is 184 Å². The number of rotatable bonds is 6. The smallest absolute Gasteiger partial charge is 0.289 e. The van der Waals surface area contributed by atoms with E-state index in [0.29, 0.717) is 5.75 Å². The molecule has 4 rings (SSSR count). The average Bonchev–Trinajstić information content (AvgIpc) is 3.27. The van der Waals surface area contributed by atoms with Crippen molar-refractivity contribution in [2.75, 3.05) is 26.2 Å². The van der Waals surface area contributed by atoms with E-state index in [9.17, 15) is 17.6 Å². The van der Waals surface area contributed by atoms with Gasteiger partial charge < -0.3 is 9.32 Å². The first-order valence-electron chi connectivity index (χ1n) is 9.75. The first-order chi connectivity index (χ1) is 15.0. The van der Waals surface area contributed by atoms with Crippen molar-refractivity contribution >= 4 is 27.7 Å². The number of hydrogen-bond acceptors (Lipinski definition) is 5. The van der Waals surface area contributed by atoms with Crippen molar-refractivity contribution in [1.82, 2.24) is 9.21 Å². The molecule has 0 atom stereocenters. The van der Waals surface area contributed by atoms with Crippen LogP contribution in [0.25, 0.3) is 0 Å². The van der Waals surface area contributed by atoms with E-state index in [0.717, 1.165) is 16.5 Å². The molecule has 1 fully saturated rings. The Morgan fingerprint density at radius 1 is 0.968 bits per heavy atom. The molecule has 162 valence electrons. The van der Waals surface area contributed by atoms with Crippen LogP contribution >= 0.6 is 11.8 Å². The molecule has 0 radical (unpaired) electrons. The summed E-state index contributed by atoms with van der Waals surface area (Å²) in [4.78, 5) is 15.3. The lowest BCUT2D eigenvalue weighted by Gasteiger charge is -2.33. The molecule has 2 aromatic carbocycles. The lowest BCUT2D eigenvalue weighted by molar-refractivity contribution is 0.0664. The molecular weight excluding hydrogens is 439 g/mol. The highest BCUT2D eigenvalue weighted by atomic mass is 32.2. The predicted octanol–water partition coefficient (Wildman–Crippen LogP) is 3.86. The van der Waals surface area contributed by atoms with Crippen LogP contribution in [0.15, 0.2) is 81.1 Å². The second-order valence-corrected chi connectivity index (χ2v) is 9.96. The zero-order chi connectivity index (χ0) is 21.8. The van der Waals surface area contributed by atoms with Crippen LogP contribution in [0.1, 0.15) is 16.1 Å². The number of hydrogen-bond donors (Lipinski definition) is 0. The minimum atomic E-state index is -3.95. The maximum absolute atomic E-state index is 14.0. The number of carbonyl (C=O) groups is 1. The van der Waals surface area contributed by atoms with Crippen molar-refractivity contribution in [3.8, 4) is 0 Å². The fraction of sp³-hybridized carbons (Fsp3) is 0.227. The van der Waals surface area contributed by atoms with Crippen LogP contribution in [-0.2, 0) is 15.8 Å². The summed E-state index contributed by atoms with van der Waals surface area (Å²) in [7, 11) is -3.95. The quantitative estimate of drug-likeness (QED) is 0.523. The SMILES string of the molecule is O=C(c1occc1CSc1ccccc1)N1CCN(S(=O)(=O)c2ccccc2F)CC1. The van der Waals surface area contributed by atoms with Crippen molar-refractivity contribution < 1.29 is 22.0 Å². The molecule has 1 aliphatic heterocycles. The van der Waals surface area contributed by atoms with Gasteiger partial charge in [-0.05, 0) is 30.3 Å². The molecule has 0 aliphatic carbocycles. The maximum atomic E-state index is 14.0. The van der Waals surface area contributed by atoms with Crippen molar-refractivity contribution in [2.45, 2.75) is 15.5 Å². The Hall–Kier alpha value is -2.62. The Morgan fingerprint density at radius 3 is 2.35 bits per heavy atom. The molecule has 31 heavy (non-hydrogen) atoms. The highest BCUT2D eigenvalue weighted by Crippen LogP contribution is 2.26. The minimum Gasteiger partial charge on any atom is -0.459 e. The Kier molecular flexibility index (Phi) is 6.45. The fourth-order valence-electron chi connectivity index (χ4n) is 3.38. The van der Waals surface area contributed by atoms with E-state index >= 15 is 0 Å². The number of nitrogens with zero attached hydrogens (tertiary/aromatic N) is 2. The van der Waals surface area contributed by atoms with Gasteiger partial charge in [-0.3, -0.25) is 4.79 Å². The molecule has 1 aromatic heterocycles. The third-order valence-electron chi connectivity index (χ3n) is 5.06. The molecule has 2 heterocycles. The van der Waals surface area contributed by atoms with Crippen LogP contribution in [-0.4, -0.2) is 49.7 Å². The van der Waals surface area contributed by atoms with Gasteiger partial charge in [-0.1, -0.05) is 30.3 Å². The summed E-state index contributed by atoms with van der Waals surface area (Å²) in [6.07, 6.45) is 1.49. The predicted molar refractivity (Wildman–Crippen MR) is 116 cm³/mol. The van der Waals surface area contributed by atoms with E-state index in [4.69, 9.17) is 4.42 Å². The van der Waals surface area contributed by atoms with Crippen molar-refractivity contribution in [3.05, 3.63) is 84.1 Å². The number of sulfonamides is 1. The molecule has 0 spiro atoms. The molecule has 0 bridgehead atoms. The van der Waals surface area contributed by atoms with Gasteiger partial charge in [0.2, 0.25) is 10.0 Å². The third-order valence-corrected chi connectivity index (χ3v) is 8.05. The summed E-state index contributed by atoms with van der Waals surface area (Å²) in [5.74, 6) is -0.189. The topological polar surface area (TPSA) is 70.8 Å². The summed E-state index contributed by atoms with van der Waals surface area (Å²) in [6.45, 7) is 0.603. The van der Waals surface area contributed by atoms with Gasteiger partial charge in [-0.25, -0.2) is 12.8 Å². The maximum Gasteiger partial charge on any atom is 0.289 e. The van der Waals surface area contributed by atoms with Crippen LogP contribution in [0.2, 0.25) is 0 Å². The number of piperazine rings is 1. The highest BCUT2D eigenvalue weighted by Gasteiger charge is 2.33. The zero-order valence-electron chi connectivity index (χ0n) is 16.6. The molecular formula is C22H21FN2O4S2. The van der Waals surface area contributed by atoms with E-state index in [1.54, 1.807) is 22.7 Å². The number of halogens is 1. The van der Waals surface area contributed by atoms with E-state index in [1.165, 1.54) is 28.8 Å². The van der Waals surface area contributed by atoms with Gasteiger partial charge in [0.05, 0.1) is 6.26 Å². The number of furan rings is 1. The monoisotopic (exact) mass is 460 g/mol. The normalized spacial score (nSPS) is 15.2. The van der Waals surface area contributed by atoms with Crippen molar-refractivity contribution in [3.63, 3.8) is 0 Å². The van der Waals surface area contributed by atoms with Crippen LogP contribution in [0.3, 0.4) is 0 Å². The third kappa shape index (κ3) is 4.68. The average molecular weight is 461 g/mol. The number of amides is 1. The Balaban J connectivity index is 1.40. The Bertz CT molecular complexity index is 1160. The first-order valence-corrected chi connectivity index (χ1v) is 12.2. The van der Waals surface area contributed by atoms with Gasteiger partial charge in [0.25, 0.3) is 5.91 Å². The molecule has 1 amide bonds.